The van der Waals surface area contributed by atoms with E-state index in [1.807, 2.05) is 0 Å². The van der Waals surface area contributed by atoms with Gasteiger partial charge in [-0.1, -0.05) is 19.3 Å². The number of carbonyl (C=O) groups excluding carboxylic acids is 2. The van der Waals surface area contributed by atoms with Gasteiger partial charge in [-0.2, -0.15) is 0 Å². The zero-order valence-corrected chi connectivity index (χ0v) is 7.93. The zero-order valence-electron chi connectivity index (χ0n) is 7.93. The molecule has 1 rings (SSSR count). The minimum absolute atomic E-state index is 0.0701. The highest BCUT2D eigenvalue weighted by atomic mass is 16.2. The molecule has 0 radical (unpaired) electrons. The molecule has 2 N–H and O–H groups in total. The third-order valence-electron chi connectivity index (χ3n) is 2.70. The highest BCUT2D eigenvalue weighted by Crippen LogP contribution is 2.27. The monoisotopic (exact) mass is 184 g/mol. The number of carbonyl (C=O) groups is 2. The minimum atomic E-state index is -0.630. The number of nitrogens with one attached hydrogen (secondary N) is 2. The van der Waals surface area contributed by atoms with Crippen molar-refractivity contribution >= 4 is 12.3 Å². The first kappa shape index (κ1) is 10.0. The van der Waals surface area contributed by atoms with E-state index in [-0.39, 0.29) is 5.91 Å². The Hall–Kier alpha value is -1.06. The molecule has 0 heterocycles. The number of hydrogen-bond donors (Lipinski definition) is 2. The van der Waals surface area contributed by atoms with Crippen LogP contribution in [-0.4, -0.2) is 24.9 Å². The van der Waals surface area contributed by atoms with E-state index in [9.17, 15) is 9.59 Å². The first-order valence-electron chi connectivity index (χ1n) is 4.69. The molecule has 0 unspecified atom stereocenters. The van der Waals surface area contributed by atoms with Gasteiger partial charge in [-0.25, -0.2) is 0 Å². The Kier molecular flexibility index (Phi) is 3.28. The predicted octanol–water partition coefficient (Wildman–Crippen LogP) is 0.181. The average Bonchev–Trinajstić information content (AvgIpc) is 2.18. The summed E-state index contributed by atoms with van der Waals surface area (Å²) in [6.07, 6.45) is 5.30. The molecule has 74 valence electrons. The molecule has 0 aromatic heterocycles. The predicted molar refractivity (Wildman–Crippen MR) is 49.1 cm³/mol. The molecule has 2 amide bonds. The third kappa shape index (κ3) is 1.99. The summed E-state index contributed by atoms with van der Waals surface area (Å²) in [6.45, 7) is 0. The highest BCUT2D eigenvalue weighted by Gasteiger charge is 2.38. The van der Waals surface area contributed by atoms with Crippen LogP contribution in [0.2, 0.25) is 0 Å². The van der Waals surface area contributed by atoms with Crippen molar-refractivity contribution in [1.29, 1.82) is 0 Å². The summed E-state index contributed by atoms with van der Waals surface area (Å²) < 4.78 is 0. The van der Waals surface area contributed by atoms with E-state index in [2.05, 4.69) is 10.6 Å². The summed E-state index contributed by atoms with van der Waals surface area (Å²) in [6, 6.07) is 0. The van der Waals surface area contributed by atoms with Crippen LogP contribution in [0, 0.1) is 0 Å². The molecule has 4 nitrogen and oxygen atoms in total. The lowest BCUT2D eigenvalue weighted by molar-refractivity contribution is -0.131. The quantitative estimate of drug-likeness (QED) is 0.615. The lowest BCUT2D eigenvalue weighted by Gasteiger charge is -2.34. The second kappa shape index (κ2) is 4.25. The van der Waals surface area contributed by atoms with Crippen molar-refractivity contribution < 1.29 is 9.59 Å². The molecule has 0 bridgehead atoms. The van der Waals surface area contributed by atoms with Crippen molar-refractivity contribution in [3.05, 3.63) is 0 Å². The summed E-state index contributed by atoms with van der Waals surface area (Å²) >= 11 is 0. The Labute approximate surface area is 78.1 Å². The normalized spacial score (nSPS) is 20.4. The van der Waals surface area contributed by atoms with E-state index in [0.29, 0.717) is 6.41 Å². The molecule has 0 saturated heterocycles. The second-order valence-corrected chi connectivity index (χ2v) is 3.48. The van der Waals surface area contributed by atoms with E-state index < -0.39 is 5.54 Å². The number of rotatable bonds is 3. The molecule has 0 aromatic carbocycles. The van der Waals surface area contributed by atoms with Gasteiger partial charge in [0.1, 0.15) is 5.54 Å². The van der Waals surface area contributed by atoms with Gasteiger partial charge in [0.2, 0.25) is 12.3 Å². The van der Waals surface area contributed by atoms with Gasteiger partial charge in [0.05, 0.1) is 0 Å². The molecule has 4 heteroatoms. The fraction of sp³-hybridized carbons (Fsp3) is 0.778. The van der Waals surface area contributed by atoms with Crippen LogP contribution in [0.4, 0.5) is 0 Å². The first-order chi connectivity index (χ1) is 6.25. The standard InChI is InChI=1S/C9H16N2O2/c1-10-8(13)9(11-7-12)5-3-2-4-6-9/h7H,2-6H2,1H3,(H,10,13)(H,11,12). The number of hydrogen-bond acceptors (Lipinski definition) is 2. The molecular formula is C9H16N2O2. The zero-order chi connectivity index (χ0) is 9.73. The van der Waals surface area contributed by atoms with Gasteiger partial charge in [-0.15, -0.1) is 0 Å². The van der Waals surface area contributed by atoms with Crippen LogP contribution < -0.4 is 10.6 Å². The van der Waals surface area contributed by atoms with Crippen LogP contribution in [0.3, 0.4) is 0 Å². The Morgan fingerprint density at radius 1 is 1.31 bits per heavy atom. The lowest BCUT2D eigenvalue weighted by atomic mass is 9.81. The van der Waals surface area contributed by atoms with Crippen molar-refractivity contribution in [3.63, 3.8) is 0 Å². The van der Waals surface area contributed by atoms with Crippen molar-refractivity contribution in [1.82, 2.24) is 10.6 Å². The molecular weight excluding hydrogens is 168 g/mol. The molecule has 1 fully saturated rings. The first-order valence-corrected chi connectivity index (χ1v) is 4.69. The fourth-order valence-corrected chi connectivity index (χ4v) is 1.94. The van der Waals surface area contributed by atoms with Gasteiger partial charge in [0, 0.05) is 7.05 Å². The summed E-state index contributed by atoms with van der Waals surface area (Å²) in [4.78, 5) is 22.0. The van der Waals surface area contributed by atoms with E-state index in [1.54, 1.807) is 7.05 Å². The van der Waals surface area contributed by atoms with E-state index in [1.165, 1.54) is 0 Å². The maximum absolute atomic E-state index is 11.5. The maximum atomic E-state index is 11.5. The highest BCUT2D eigenvalue weighted by molar-refractivity contribution is 5.88. The molecule has 1 aliphatic rings. The molecule has 0 aliphatic heterocycles. The van der Waals surface area contributed by atoms with Gasteiger partial charge in [0.15, 0.2) is 0 Å². The fourth-order valence-electron chi connectivity index (χ4n) is 1.94. The summed E-state index contributed by atoms with van der Waals surface area (Å²) in [7, 11) is 1.60. The molecule has 0 spiro atoms. The van der Waals surface area contributed by atoms with Gasteiger partial charge in [-0.05, 0) is 12.8 Å². The van der Waals surface area contributed by atoms with Crippen LogP contribution in [0.25, 0.3) is 0 Å². The molecule has 1 saturated carbocycles. The Morgan fingerprint density at radius 2 is 1.92 bits per heavy atom. The van der Waals surface area contributed by atoms with Crippen molar-refractivity contribution in [2.24, 2.45) is 0 Å². The van der Waals surface area contributed by atoms with Crippen molar-refractivity contribution in [3.8, 4) is 0 Å². The number of amides is 2. The van der Waals surface area contributed by atoms with Crippen LogP contribution in [0.5, 0.6) is 0 Å². The molecule has 0 aromatic rings. The average molecular weight is 184 g/mol. The lowest BCUT2D eigenvalue weighted by Crippen LogP contribution is -2.56. The van der Waals surface area contributed by atoms with E-state index in [0.717, 1.165) is 32.1 Å². The largest absolute Gasteiger partial charge is 0.357 e. The van der Waals surface area contributed by atoms with E-state index >= 15 is 0 Å². The summed E-state index contributed by atoms with van der Waals surface area (Å²) in [5.74, 6) is -0.0701. The molecule has 13 heavy (non-hydrogen) atoms. The van der Waals surface area contributed by atoms with Gasteiger partial charge >= 0.3 is 0 Å². The van der Waals surface area contributed by atoms with E-state index in [4.69, 9.17) is 0 Å². The van der Waals surface area contributed by atoms with Gasteiger partial charge < -0.3 is 10.6 Å². The van der Waals surface area contributed by atoms with Crippen molar-refractivity contribution in [2.45, 2.75) is 37.6 Å². The Balaban J connectivity index is 2.71. The second-order valence-electron chi connectivity index (χ2n) is 3.48. The molecule has 1 aliphatic carbocycles. The van der Waals surface area contributed by atoms with Crippen LogP contribution in [0.15, 0.2) is 0 Å². The van der Waals surface area contributed by atoms with Crippen LogP contribution in [0.1, 0.15) is 32.1 Å². The maximum Gasteiger partial charge on any atom is 0.245 e. The van der Waals surface area contributed by atoms with Crippen molar-refractivity contribution in [2.75, 3.05) is 7.05 Å². The third-order valence-corrected chi connectivity index (χ3v) is 2.70. The smallest absolute Gasteiger partial charge is 0.245 e. The van der Waals surface area contributed by atoms with Gasteiger partial charge in [0.25, 0.3) is 0 Å². The summed E-state index contributed by atoms with van der Waals surface area (Å²) in [5, 5.41) is 5.26. The molecule has 0 atom stereocenters. The number of likely N-dealkylation sites (N-methyl/N-ethyl adjacent to an activating group) is 1. The SMILES string of the molecule is CNC(=O)C1(NC=O)CCCCC1. The summed E-state index contributed by atoms with van der Waals surface area (Å²) in [5.41, 5.74) is -0.630. The Morgan fingerprint density at radius 3 is 2.38 bits per heavy atom. The Bertz CT molecular complexity index is 198. The minimum Gasteiger partial charge on any atom is -0.357 e. The topological polar surface area (TPSA) is 58.2 Å². The van der Waals surface area contributed by atoms with Crippen LogP contribution in [-0.2, 0) is 9.59 Å². The van der Waals surface area contributed by atoms with Gasteiger partial charge in [-0.3, -0.25) is 9.59 Å². The van der Waals surface area contributed by atoms with Crippen LogP contribution >= 0.6 is 0 Å².